The lowest BCUT2D eigenvalue weighted by Gasteiger charge is -2.27. The van der Waals surface area contributed by atoms with Gasteiger partial charge in [0.25, 0.3) is 0 Å². The van der Waals surface area contributed by atoms with E-state index in [-0.39, 0.29) is 0 Å². The Kier molecular flexibility index (Phi) is 5.07. The molecule has 1 aromatic heterocycles. The molecule has 0 N–H and O–H groups in total. The summed E-state index contributed by atoms with van der Waals surface area (Å²) in [5.41, 5.74) is 3.40. The first-order chi connectivity index (χ1) is 7.58. The number of aryl methyl sites for hydroxylation is 1. The van der Waals surface area contributed by atoms with Crippen LogP contribution in [-0.2, 0) is 5.88 Å². The van der Waals surface area contributed by atoms with E-state index in [4.69, 9.17) is 11.6 Å². The highest BCUT2D eigenvalue weighted by Crippen LogP contribution is 2.23. The van der Waals surface area contributed by atoms with Crippen molar-refractivity contribution in [2.45, 2.75) is 33.6 Å². The number of pyridine rings is 1. The smallest absolute Gasteiger partial charge is 0.0509 e. The second-order valence-corrected chi connectivity index (χ2v) is 4.79. The van der Waals surface area contributed by atoms with E-state index in [2.05, 4.69) is 36.7 Å². The maximum atomic E-state index is 5.96. The fourth-order valence-electron chi connectivity index (χ4n) is 1.81. The molecular formula is C13H21ClN2. The van der Waals surface area contributed by atoms with Gasteiger partial charge in [0.1, 0.15) is 0 Å². The SMILES string of the molecule is CCN(CC(C)C)c1cc(C)ncc1CCl. The number of hydrogen-bond donors (Lipinski definition) is 0. The molecule has 0 aliphatic rings. The third-order valence-electron chi connectivity index (χ3n) is 2.55. The van der Waals surface area contributed by atoms with Crippen molar-refractivity contribution in [3.8, 4) is 0 Å². The monoisotopic (exact) mass is 240 g/mol. The number of halogens is 1. The van der Waals surface area contributed by atoms with Crippen LogP contribution in [0.2, 0.25) is 0 Å². The maximum Gasteiger partial charge on any atom is 0.0509 e. The summed E-state index contributed by atoms with van der Waals surface area (Å²) < 4.78 is 0. The minimum absolute atomic E-state index is 0.525. The van der Waals surface area contributed by atoms with Gasteiger partial charge in [-0.25, -0.2) is 0 Å². The molecule has 0 amide bonds. The average Bonchev–Trinajstić information content (AvgIpc) is 2.25. The Balaban J connectivity index is 3.02. The molecule has 1 heterocycles. The average molecular weight is 241 g/mol. The molecular weight excluding hydrogens is 220 g/mol. The summed E-state index contributed by atoms with van der Waals surface area (Å²) in [6, 6.07) is 2.13. The fourth-order valence-corrected chi connectivity index (χ4v) is 2.02. The molecule has 3 heteroatoms. The van der Waals surface area contributed by atoms with Gasteiger partial charge in [-0.3, -0.25) is 4.98 Å². The van der Waals surface area contributed by atoms with E-state index in [1.165, 1.54) is 5.69 Å². The van der Waals surface area contributed by atoms with Crippen LogP contribution in [0.5, 0.6) is 0 Å². The molecule has 0 aromatic carbocycles. The van der Waals surface area contributed by atoms with Gasteiger partial charge in [-0.1, -0.05) is 13.8 Å². The summed E-state index contributed by atoms with van der Waals surface area (Å²) >= 11 is 5.96. The van der Waals surface area contributed by atoms with Crippen LogP contribution < -0.4 is 4.90 Å². The predicted octanol–water partition coefficient (Wildman–Crippen LogP) is 3.61. The Bertz CT molecular complexity index is 337. The van der Waals surface area contributed by atoms with Crippen molar-refractivity contribution in [1.82, 2.24) is 4.98 Å². The number of anilines is 1. The number of rotatable bonds is 5. The summed E-state index contributed by atoms with van der Waals surface area (Å²) in [6.45, 7) is 10.7. The Hall–Kier alpha value is -0.760. The van der Waals surface area contributed by atoms with Crippen molar-refractivity contribution in [3.05, 3.63) is 23.5 Å². The Morgan fingerprint density at radius 2 is 2.12 bits per heavy atom. The Morgan fingerprint density at radius 1 is 1.44 bits per heavy atom. The van der Waals surface area contributed by atoms with Crippen molar-refractivity contribution >= 4 is 17.3 Å². The van der Waals surface area contributed by atoms with Crippen LogP contribution in [0.25, 0.3) is 0 Å². The van der Waals surface area contributed by atoms with Gasteiger partial charge in [0.15, 0.2) is 0 Å². The van der Waals surface area contributed by atoms with Gasteiger partial charge in [-0.05, 0) is 25.8 Å². The number of nitrogens with zero attached hydrogens (tertiary/aromatic N) is 2. The molecule has 90 valence electrons. The lowest BCUT2D eigenvalue weighted by molar-refractivity contribution is 0.617. The molecule has 0 aliphatic carbocycles. The highest BCUT2D eigenvalue weighted by molar-refractivity contribution is 6.17. The van der Waals surface area contributed by atoms with E-state index in [0.29, 0.717) is 11.8 Å². The van der Waals surface area contributed by atoms with Gasteiger partial charge in [-0.15, -0.1) is 11.6 Å². The van der Waals surface area contributed by atoms with Gasteiger partial charge in [-0.2, -0.15) is 0 Å². The molecule has 16 heavy (non-hydrogen) atoms. The second kappa shape index (κ2) is 6.09. The molecule has 0 fully saturated rings. The first-order valence-electron chi connectivity index (χ1n) is 5.84. The molecule has 0 radical (unpaired) electrons. The largest absolute Gasteiger partial charge is 0.371 e. The summed E-state index contributed by atoms with van der Waals surface area (Å²) in [4.78, 5) is 6.67. The molecule has 0 saturated carbocycles. The van der Waals surface area contributed by atoms with Gasteiger partial charge in [0.05, 0.1) is 5.88 Å². The lowest BCUT2D eigenvalue weighted by atomic mass is 10.1. The highest BCUT2D eigenvalue weighted by atomic mass is 35.5. The van der Waals surface area contributed by atoms with Crippen LogP contribution in [0.15, 0.2) is 12.3 Å². The van der Waals surface area contributed by atoms with E-state index in [1.807, 2.05) is 13.1 Å². The molecule has 2 nitrogen and oxygen atoms in total. The van der Waals surface area contributed by atoms with E-state index < -0.39 is 0 Å². The van der Waals surface area contributed by atoms with E-state index in [1.54, 1.807) is 0 Å². The highest BCUT2D eigenvalue weighted by Gasteiger charge is 2.11. The number of aromatic nitrogens is 1. The molecule has 0 bridgehead atoms. The Labute approximate surface area is 104 Å². The van der Waals surface area contributed by atoms with Crippen LogP contribution in [0.3, 0.4) is 0 Å². The van der Waals surface area contributed by atoms with Crippen molar-refractivity contribution < 1.29 is 0 Å². The van der Waals surface area contributed by atoms with Gasteiger partial charge < -0.3 is 4.90 Å². The minimum Gasteiger partial charge on any atom is -0.371 e. The van der Waals surface area contributed by atoms with Crippen molar-refractivity contribution in [2.24, 2.45) is 5.92 Å². The van der Waals surface area contributed by atoms with Gasteiger partial charge in [0, 0.05) is 36.2 Å². The van der Waals surface area contributed by atoms with Crippen LogP contribution in [0, 0.1) is 12.8 Å². The third-order valence-corrected chi connectivity index (χ3v) is 2.84. The van der Waals surface area contributed by atoms with Crippen molar-refractivity contribution in [2.75, 3.05) is 18.0 Å². The van der Waals surface area contributed by atoms with Crippen molar-refractivity contribution in [1.29, 1.82) is 0 Å². The quantitative estimate of drug-likeness (QED) is 0.731. The summed E-state index contributed by atoms with van der Waals surface area (Å²) in [5.74, 6) is 1.17. The molecule has 0 unspecified atom stereocenters. The van der Waals surface area contributed by atoms with E-state index in [0.717, 1.165) is 24.3 Å². The van der Waals surface area contributed by atoms with E-state index in [9.17, 15) is 0 Å². The van der Waals surface area contributed by atoms with Crippen LogP contribution in [0.1, 0.15) is 32.0 Å². The Morgan fingerprint density at radius 3 is 2.62 bits per heavy atom. The van der Waals surface area contributed by atoms with Crippen LogP contribution in [0.4, 0.5) is 5.69 Å². The fraction of sp³-hybridized carbons (Fsp3) is 0.615. The van der Waals surface area contributed by atoms with Crippen LogP contribution in [-0.4, -0.2) is 18.1 Å². The zero-order valence-corrected chi connectivity index (χ0v) is 11.4. The summed E-state index contributed by atoms with van der Waals surface area (Å²) in [7, 11) is 0. The zero-order valence-electron chi connectivity index (χ0n) is 10.6. The number of alkyl halides is 1. The summed E-state index contributed by atoms with van der Waals surface area (Å²) in [6.07, 6.45) is 1.89. The topological polar surface area (TPSA) is 16.1 Å². The minimum atomic E-state index is 0.525. The van der Waals surface area contributed by atoms with Gasteiger partial charge >= 0.3 is 0 Å². The maximum absolute atomic E-state index is 5.96. The lowest BCUT2D eigenvalue weighted by Crippen LogP contribution is -2.28. The molecule has 0 saturated heterocycles. The predicted molar refractivity (Wildman–Crippen MR) is 71.3 cm³/mol. The van der Waals surface area contributed by atoms with E-state index >= 15 is 0 Å². The number of hydrogen-bond acceptors (Lipinski definition) is 2. The molecule has 0 aliphatic heterocycles. The second-order valence-electron chi connectivity index (χ2n) is 4.52. The molecule has 0 spiro atoms. The standard InChI is InChI=1S/C13H21ClN2/c1-5-16(9-10(2)3)13-6-11(4)15-8-12(13)7-14/h6,8,10H,5,7,9H2,1-4H3. The molecule has 0 atom stereocenters. The third kappa shape index (κ3) is 3.38. The molecule has 1 aromatic rings. The first kappa shape index (κ1) is 13.3. The zero-order chi connectivity index (χ0) is 12.1. The molecule has 1 rings (SSSR count). The van der Waals surface area contributed by atoms with Gasteiger partial charge in [0.2, 0.25) is 0 Å². The normalized spacial score (nSPS) is 10.9. The van der Waals surface area contributed by atoms with Crippen molar-refractivity contribution in [3.63, 3.8) is 0 Å². The first-order valence-corrected chi connectivity index (χ1v) is 6.38. The summed E-state index contributed by atoms with van der Waals surface area (Å²) in [5, 5.41) is 0. The van der Waals surface area contributed by atoms with Crippen LogP contribution >= 0.6 is 11.6 Å².